The fourth-order valence-electron chi connectivity index (χ4n) is 3.51. The largest absolute Gasteiger partial charge is 0.281 e. The lowest BCUT2D eigenvalue weighted by Gasteiger charge is -2.29. The van der Waals surface area contributed by atoms with E-state index in [4.69, 9.17) is 0 Å². The molecule has 0 saturated carbocycles. The van der Waals surface area contributed by atoms with E-state index in [1.807, 2.05) is 0 Å². The van der Waals surface area contributed by atoms with Crippen LogP contribution in [-0.4, -0.2) is 19.0 Å². The SMILES string of the molecule is C[Si](C)(C)C#C[C@@H](CCc1ccccc1)N(Cc1ccccc1)Cc1ccccc1. The van der Waals surface area contributed by atoms with Crippen molar-refractivity contribution in [3.8, 4) is 11.5 Å². The van der Waals surface area contributed by atoms with Crippen LogP contribution in [0.5, 0.6) is 0 Å². The van der Waals surface area contributed by atoms with Crippen LogP contribution in [0.15, 0.2) is 91.0 Å². The first-order valence-electron chi connectivity index (χ1n) is 10.9. The van der Waals surface area contributed by atoms with Crippen LogP contribution in [-0.2, 0) is 19.5 Å². The fraction of sp³-hybridized carbons (Fsp3) is 0.286. The van der Waals surface area contributed by atoms with Crippen molar-refractivity contribution in [1.29, 1.82) is 0 Å². The molecule has 3 aromatic rings. The molecular weight excluding hydrogens is 378 g/mol. The van der Waals surface area contributed by atoms with E-state index in [1.165, 1.54) is 16.7 Å². The smallest absolute Gasteiger partial charge is 0.129 e. The second-order valence-corrected chi connectivity index (χ2v) is 13.7. The zero-order valence-electron chi connectivity index (χ0n) is 18.5. The molecule has 30 heavy (non-hydrogen) atoms. The predicted molar refractivity (Wildman–Crippen MR) is 132 cm³/mol. The van der Waals surface area contributed by atoms with Crippen molar-refractivity contribution in [3.05, 3.63) is 108 Å². The minimum Gasteiger partial charge on any atom is -0.281 e. The van der Waals surface area contributed by atoms with Gasteiger partial charge >= 0.3 is 0 Å². The summed E-state index contributed by atoms with van der Waals surface area (Å²) >= 11 is 0. The van der Waals surface area contributed by atoms with E-state index in [9.17, 15) is 0 Å². The minimum atomic E-state index is -1.45. The minimum absolute atomic E-state index is 0.234. The van der Waals surface area contributed by atoms with Gasteiger partial charge in [-0.15, -0.1) is 5.54 Å². The lowest BCUT2D eigenvalue weighted by atomic mass is 10.0. The fourth-order valence-corrected chi connectivity index (χ4v) is 4.11. The van der Waals surface area contributed by atoms with Crippen LogP contribution in [0.2, 0.25) is 19.6 Å². The summed E-state index contributed by atoms with van der Waals surface area (Å²) in [5.74, 6) is 3.71. The molecular formula is C28H33NSi. The monoisotopic (exact) mass is 411 g/mol. The maximum absolute atomic E-state index is 3.71. The normalized spacial score (nSPS) is 12.3. The van der Waals surface area contributed by atoms with Gasteiger partial charge in [0.2, 0.25) is 0 Å². The van der Waals surface area contributed by atoms with E-state index in [0.717, 1.165) is 25.9 Å². The van der Waals surface area contributed by atoms with E-state index >= 15 is 0 Å². The maximum atomic E-state index is 3.71. The molecule has 1 atom stereocenters. The quantitative estimate of drug-likeness (QED) is 0.299. The van der Waals surface area contributed by atoms with Crippen molar-refractivity contribution in [3.63, 3.8) is 0 Å². The molecule has 1 nitrogen and oxygen atoms in total. The maximum Gasteiger partial charge on any atom is 0.129 e. The average Bonchev–Trinajstić information content (AvgIpc) is 2.75. The van der Waals surface area contributed by atoms with Crippen LogP contribution < -0.4 is 0 Å². The second-order valence-electron chi connectivity index (χ2n) is 8.94. The third kappa shape index (κ3) is 7.67. The molecule has 0 spiro atoms. The molecule has 0 heterocycles. The van der Waals surface area contributed by atoms with E-state index < -0.39 is 8.07 Å². The van der Waals surface area contributed by atoms with Crippen LogP contribution in [0.25, 0.3) is 0 Å². The van der Waals surface area contributed by atoms with Gasteiger partial charge in [0.05, 0.1) is 6.04 Å². The van der Waals surface area contributed by atoms with Crippen molar-refractivity contribution in [2.24, 2.45) is 0 Å². The van der Waals surface area contributed by atoms with Gasteiger partial charge in [0, 0.05) is 13.1 Å². The third-order valence-corrected chi connectivity index (χ3v) is 5.96. The molecule has 0 aromatic heterocycles. The molecule has 0 saturated heterocycles. The summed E-state index contributed by atoms with van der Waals surface area (Å²) in [4.78, 5) is 2.56. The molecule has 0 amide bonds. The molecule has 0 aliphatic carbocycles. The Kier molecular flexibility index (Phi) is 8.08. The molecule has 0 fully saturated rings. The summed E-state index contributed by atoms with van der Waals surface area (Å²) < 4.78 is 0. The van der Waals surface area contributed by atoms with Gasteiger partial charge in [-0.1, -0.05) is 117 Å². The van der Waals surface area contributed by atoms with Crippen molar-refractivity contribution in [2.45, 2.75) is 51.6 Å². The highest BCUT2D eigenvalue weighted by Gasteiger charge is 2.19. The Labute approximate surface area is 183 Å². The molecule has 0 unspecified atom stereocenters. The van der Waals surface area contributed by atoms with Crippen LogP contribution in [0, 0.1) is 11.5 Å². The van der Waals surface area contributed by atoms with Gasteiger partial charge in [0.25, 0.3) is 0 Å². The van der Waals surface area contributed by atoms with Crippen LogP contribution in [0.1, 0.15) is 23.1 Å². The topological polar surface area (TPSA) is 3.24 Å². The highest BCUT2D eigenvalue weighted by atomic mass is 28.3. The first-order chi connectivity index (χ1) is 14.5. The first kappa shape index (κ1) is 22.1. The number of benzene rings is 3. The van der Waals surface area contributed by atoms with Gasteiger partial charge in [0.15, 0.2) is 0 Å². The number of hydrogen-bond donors (Lipinski definition) is 0. The van der Waals surface area contributed by atoms with Crippen molar-refractivity contribution >= 4 is 8.07 Å². The molecule has 154 valence electrons. The third-order valence-electron chi connectivity index (χ3n) is 5.06. The average molecular weight is 412 g/mol. The summed E-state index contributed by atoms with van der Waals surface area (Å²) in [5.41, 5.74) is 7.72. The predicted octanol–water partition coefficient (Wildman–Crippen LogP) is 6.57. The Morgan fingerprint density at radius 1 is 0.667 bits per heavy atom. The van der Waals surface area contributed by atoms with E-state index in [1.54, 1.807) is 0 Å². The zero-order chi connectivity index (χ0) is 21.2. The molecule has 0 aliphatic heterocycles. The van der Waals surface area contributed by atoms with Gasteiger partial charge in [-0.25, -0.2) is 0 Å². The highest BCUT2D eigenvalue weighted by Crippen LogP contribution is 2.18. The Morgan fingerprint density at radius 2 is 1.10 bits per heavy atom. The second kappa shape index (κ2) is 11.0. The van der Waals surface area contributed by atoms with Gasteiger partial charge in [-0.3, -0.25) is 4.90 Å². The Bertz CT molecular complexity index is 892. The lowest BCUT2D eigenvalue weighted by molar-refractivity contribution is 0.209. The molecule has 3 rings (SSSR count). The summed E-state index contributed by atoms with van der Waals surface area (Å²) in [6.07, 6.45) is 2.09. The summed E-state index contributed by atoms with van der Waals surface area (Å²) in [7, 11) is -1.45. The van der Waals surface area contributed by atoms with Crippen LogP contribution in [0.4, 0.5) is 0 Å². The summed E-state index contributed by atoms with van der Waals surface area (Å²) in [5, 5.41) is 0. The first-order valence-corrected chi connectivity index (χ1v) is 14.4. The summed E-state index contributed by atoms with van der Waals surface area (Å²) in [6, 6.07) is 32.6. The van der Waals surface area contributed by atoms with Gasteiger partial charge in [-0.05, 0) is 29.5 Å². The molecule has 0 N–H and O–H groups in total. The molecule has 0 aliphatic rings. The van der Waals surface area contributed by atoms with Gasteiger partial charge < -0.3 is 0 Å². The van der Waals surface area contributed by atoms with Crippen molar-refractivity contribution < 1.29 is 0 Å². The zero-order valence-corrected chi connectivity index (χ0v) is 19.5. The van der Waals surface area contributed by atoms with Crippen molar-refractivity contribution in [2.75, 3.05) is 0 Å². The molecule has 2 heteroatoms. The lowest BCUT2D eigenvalue weighted by Crippen LogP contribution is -2.34. The molecule has 3 aromatic carbocycles. The van der Waals surface area contributed by atoms with Gasteiger partial charge in [-0.2, -0.15) is 0 Å². The number of rotatable bonds is 8. The summed E-state index contributed by atoms with van der Waals surface area (Å²) in [6.45, 7) is 8.80. The molecule has 0 bridgehead atoms. The van der Waals surface area contributed by atoms with E-state index in [-0.39, 0.29) is 6.04 Å². The van der Waals surface area contributed by atoms with E-state index in [2.05, 4.69) is 127 Å². The Balaban J connectivity index is 1.87. The molecule has 0 radical (unpaired) electrons. The Morgan fingerprint density at radius 3 is 1.53 bits per heavy atom. The van der Waals surface area contributed by atoms with Crippen LogP contribution in [0.3, 0.4) is 0 Å². The number of nitrogens with zero attached hydrogens (tertiary/aromatic N) is 1. The van der Waals surface area contributed by atoms with Crippen molar-refractivity contribution in [1.82, 2.24) is 4.90 Å². The van der Waals surface area contributed by atoms with Crippen LogP contribution >= 0.6 is 0 Å². The number of hydrogen-bond acceptors (Lipinski definition) is 1. The van der Waals surface area contributed by atoms with Gasteiger partial charge in [0.1, 0.15) is 8.07 Å². The standard InChI is InChI=1S/C28H33NSi/c1-30(2,3)22-21-28(20-19-25-13-7-4-8-14-25)29(23-26-15-9-5-10-16-26)24-27-17-11-6-12-18-27/h4-18,28H,19-20,23-24H2,1-3H3/t28-/m1/s1. The Hall–Kier alpha value is -2.60. The highest BCUT2D eigenvalue weighted by molar-refractivity contribution is 6.83. The van der Waals surface area contributed by atoms with E-state index in [0.29, 0.717) is 0 Å². The number of aryl methyl sites for hydroxylation is 1.